The van der Waals surface area contributed by atoms with Gasteiger partial charge in [-0.05, 0) is 78.1 Å². The molecular formula is C25H23ClIN3O5S. The standard InChI is InChI=1S/C25H23ClIN3O5S/c26-19-3-1-2-4-20(19)36(33,34)18-13-21(35-23(32)29-24(15-28)9-10-24)30(14-18)22(31)25(11-12-25)16-5-7-17(27)8-6-16/h1-8,18,21H,9-14H2,(H,29,32)/t18-,21+/m1/s1. The molecule has 36 heavy (non-hydrogen) atoms. The lowest BCUT2D eigenvalue weighted by Crippen LogP contribution is -2.46. The van der Waals surface area contributed by atoms with Gasteiger partial charge in [-0.25, -0.2) is 13.2 Å². The van der Waals surface area contributed by atoms with Crippen LogP contribution in [0.25, 0.3) is 0 Å². The lowest BCUT2D eigenvalue weighted by molar-refractivity contribution is -0.140. The average molecular weight is 640 g/mol. The number of nitrogens with one attached hydrogen (secondary N) is 1. The van der Waals surface area contributed by atoms with E-state index in [4.69, 9.17) is 16.3 Å². The Morgan fingerprint density at radius 3 is 2.36 bits per heavy atom. The number of amides is 2. The molecule has 2 saturated carbocycles. The van der Waals surface area contributed by atoms with Gasteiger partial charge in [0.15, 0.2) is 16.1 Å². The summed E-state index contributed by atoms with van der Waals surface area (Å²) >= 11 is 8.39. The molecular weight excluding hydrogens is 617 g/mol. The summed E-state index contributed by atoms with van der Waals surface area (Å²) in [6, 6.07) is 15.9. The van der Waals surface area contributed by atoms with Crippen molar-refractivity contribution in [1.29, 1.82) is 5.26 Å². The van der Waals surface area contributed by atoms with Gasteiger partial charge < -0.3 is 15.0 Å². The predicted octanol–water partition coefficient (Wildman–Crippen LogP) is 4.16. The quantitative estimate of drug-likeness (QED) is 0.475. The lowest BCUT2D eigenvalue weighted by atomic mass is 9.94. The summed E-state index contributed by atoms with van der Waals surface area (Å²) in [7, 11) is -3.92. The summed E-state index contributed by atoms with van der Waals surface area (Å²) < 4.78 is 33.6. The highest BCUT2D eigenvalue weighted by Gasteiger charge is 2.57. The monoisotopic (exact) mass is 639 g/mol. The first-order chi connectivity index (χ1) is 17.1. The fourth-order valence-electron chi connectivity index (χ4n) is 4.70. The molecule has 1 saturated heterocycles. The summed E-state index contributed by atoms with van der Waals surface area (Å²) in [4.78, 5) is 27.9. The Morgan fingerprint density at radius 1 is 1.11 bits per heavy atom. The number of nitrogens with zero attached hydrogens (tertiary/aromatic N) is 2. The van der Waals surface area contributed by atoms with E-state index in [1.807, 2.05) is 24.3 Å². The second-order valence-electron chi connectivity index (χ2n) is 9.56. The molecule has 8 nitrogen and oxygen atoms in total. The summed E-state index contributed by atoms with van der Waals surface area (Å²) in [6.45, 7) is -0.125. The van der Waals surface area contributed by atoms with Crippen LogP contribution in [0, 0.1) is 14.9 Å². The zero-order chi connectivity index (χ0) is 25.7. The molecule has 5 rings (SSSR count). The van der Waals surface area contributed by atoms with Crippen LogP contribution < -0.4 is 5.32 Å². The molecule has 1 heterocycles. The van der Waals surface area contributed by atoms with E-state index >= 15 is 0 Å². The zero-order valence-corrected chi connectivity index (χ0v) is 22.8. The molecule has 3 aliphatic rings. The minimum atomic E-state index is -3.92. The molecule has 11 heteroatoms. The van der Waals surface area contributed by atoms with E-state index in [0.29, 0.717) is 25.7 Å². The molecule has 0 unspecified atom stereocenters. The van der Waals surface area contributed by atoms with Crippen LogP contribution in [0.5, 0.6) is 0 Å². The summed E-state index contributed by atoms with van der Waals surface area (Å²) in [5.41, 5.74) is -0.864. The van der Waals surface area contributed by atoms with Crippen molar-refractivity contribution >= 4 is 56.0 Å². The number of carbonyl (C=O) groups excluding carboxylic acids is 2. The number of nitriles is 1. The van der Waals surface area contributed by atoms with Gasteiger partial charge in [0.2, 0.25) is 5.91 Å². The maximum absolute atomic E-state index is 13.9. The van der Waals surface area contributed by atoms with Crippen molar-refractivity contribution in [3.63, 3.8) is 0 Å². The predicted molar refractivity (Wildman–Crippen MR) is 140 cm³/mol. The molecule has 1 aliphatic heterocycles. The number of alkyl carbamates (subject to hydrolysis) is 1. The van der Waals surface area contributed by atoms with Crippen molar-refractivity contribution in [3.05, 3.63) is 62.7 Å². The van der Waals surface area contributed by atoms with Gasteiger partial charge in [-0.15, -0.1) is 0 Å². The first-order valence-electron chi connectivity index (χ1n) is 11.6. The molecule has 0 bridgehead atoms. The Balaban J connectivity index is 1.43. The minimum absolute atomic E-state index is 0.0191. The third kappa shape index (κ3) is 4.57. The molecule has 2 aliphatic carbocycles. The number of sulfone groups is 1. The van der Waals surface area contributed by atoms with Gasteiger partial charge in [-0.1, -0.05) is 35.9 Å². The largest absolute Gasteiger partial charge is 0.425 e. The van der Waals surface area contributed by atoms with E-state index in [9.17, 15) is 23.3 Å². The van der Waals surface area contributed by atoms with Crippen molar-refractivity contribution in [1.82, 2.24) is 10.2 Å². The van der Waals surface area contributed by atoms with Gasteiger partial charge in [0.1, 0.15) is 5.54 Å². The Labute approximate surface area is 228 Å². The number of hydrogen-bond acceptors (Lipinski definition) is 6. The highest BCUT2D eigenvalue weighted by Crippen LogP contribution is 2.51. The Hall–Kier alpha value is -2.36. The van der Waals surface area contributed by atoms with E-state index in [1.54, 1.807) is 12.1 Å². The van der Waals surface area contributed by atoms with Gasteiger partial charge in [0.25, 0.3) is 0 Å². The van der Waals surface area contributed by atoms with Crippen molar-refractivity contribution in [3.8, 4) is 6.07 Å². The van der Waals surface area contributed by atoms with E-state index in [-0.39, 0.29) is 28.8 Å². The molecule has 0 spiro atoms. The van der Waals surface area contributed by atoms with Crippen molar-refractivity contribution < 1.29 is 22.7 Å². The number of benzene rings is 2. The second-order valence-corrected chi connectivity index (χ2v) is 13.4. The van der Waals surface area contributed by atoms with E-state index in [1.165, 1.54) is 17.0 Å². The fourth-order valence-corrected chi connectivity index (χ4v) is 7.26. The SMILES string of the molecule is N#CC1(NC(=O)O[C@H]2C[C@@H](S(=O)(=O)c3ccccc3Cl)CN2C(=O)C2(c3ccc(I)cc3)CC2)CC1. The highest BCUT2D eigenvalue weighted by molar-refractivity contribution is 14.1. The van der Waals surface area contributed by atoms with Crippen molar-refractivity contribution in [2.45, 2.75) is 59.4 Å². The Morgan fingerprint density at radius 2 is 1.78 bits per heavy atom. The van der Waals surface area contributed by atoms with Gasteiger partial charge in [-0.2, -0.15) is 5.26 Å². The normalized spacial score (nSPS) is 23.4. The zero-order valence-electron chi connectivity index (χ0n) is 19.1. The molecule has 0 aromatic heterocycles. The van der Waals surface area contributed by atoms with Crippen molar-refractivity contribution in [2.24, 2.45) is 0 Å². The number of likely N-dealkylation sites (tertiary alicyclic amines) is 1. The number of ether oxygens (including phenoxy) is 1. The first-order valence-corrected chi connectivity index (χ1v) is 14.6. The Bertz CT molecular complexity index is 1370. The van der Waals surface area contributed by atoms with Crippen LogP contribution in [0.2, 0.25) is 5.02 Å². The molecule has 3 fully saturated rings. The fraction of sp³-hybridized carbons (Fsp3) is 0.400. The van der Waals surface area contributed by atoms with Gasteiger partial charge in [0, 0.05) is 16.5 Å². The number of hydrogen-bond donors (Lipinski definition) is 1. The topological polar surface area (TPSA) is 117 Å². The number of rotatable bonds is 6. The minimum Gasteiger partial charge on any atom is -0.425 e. The maximum atomic E-state index is 13.9. The lowest BCUT2D eigenvalue weighted by Gasteiger charge is -2.29. The summed E-state index contributed by atoms with van der Waals surface area (Å²) in [5.74, 6) is -0.264. The highest BCUT2D eigenvalue weighted by atomic mass is 127. The average Bonchev–Trinajstić information content (AvgIpc) is 3.77. The van der Waals surface area contributed by atoms with Gasteiger partial charge >= 0.3 is 6.09 Å². The van der Waals surface area contributed by atoms with Crippen molar-refractivity contribution in [2.75, 3.05) is 6.54 Å². The van der Waals surface area contributed by atoms with Crippen LogP contribution in [-0.4, -0.2) is 48.9 Å². The van der Waals surface area contributed by atoms with E-state index in [2.05, 4.69) is 34.0 Å². The molecule has 1 N–H and O–H groups in total. The maximum Gasteiger partial charge on any atom is 0.410 e. The first kappa shape index (κ1) is 25.3. The van der Waals surface area contributed by atoms with Crippen LogP contribution in [-0.2, 0) is 24.8 Å². The molecule has 188 valence electrons. The molecule has 2 aromatic rings. The smallest absolute Gasteiger partial charge is 0.410 e. The molecule has 2 aromatic carbocycles. The second kappa shape index (κ2) is 9.19. The van der Waals surface area contributed by atoms with E-state index in [0.717, 1.165) is 9.13 Å². The summed E-state index contributed by atoms with van der Waals surface area (Å²) in [6.07, 6.45) is 0.274. The summed E-state index contributed by atoms with van der Waals surface area (Å²) in [5, 5.41) is 10.9. The van der Waals surface area contributed by atoms with Crippen LogP contribution in [0.3, 0.4) is 0 Å². The van der Waals surface area contributed by atoms with Crippen LogP contribution in [0.4, 0.5) is 4.79 Å². The van der Waals surface area contributed by atoms with Crippen LogP contribution in [0.15, 0.2) is 53.4 Å². The molecule has 2 atom stereocenters. The van der Waals surface area contributed by atoms with Gasteiger partial charge in [0.05, 0.1) is 26.7 Å². The van der Waals surface area contributed by atoms with Gasteiger partial charge in [-0.3, -0.25) is 4.79 Å². The molecule has 2 amide bonds. The molecule has 0 radical (unpaired) electrons. The third-order valence-electron chi connectivity index (χ3n) is 7.16. The number of carbonyl (C=O) groups is 2. The Kier molecular flexibility index (Phi) is 6.46. The third-order valence-corrected chi connectivity index (χ3v) is 10.5. The van der Waals surface area contributed by atoms with Crippen LogP contribution >= 0.6 is 34.2 Å². The van der Waals surface area contributed by atoms with Crippen LogP contribution in [0.1, 0.15) is 37.7 Å². The van der Waals surface area contributed by atoms with E-state index < -0.39 is 38.4 Å². The number of halogens is 2.